The summed E-state index contributed by atoms with van der Waals surface area (Å²) in [6.45, 7) is 7.51. The number of carboxylic acid groups (broad SMARTS) is 1. The smallest absolute Gasteiger partial charge is 0.408 e. The van der Waals surface area contributed by atoms with Gasteiger partial charge in [-0.25, -0.2) is 9.59 Å². The number of carbonyl (C=O) groups excluding carboxylic acids is 1. The number of carboxylic acids is 1. The van der Waals surface area contributed by atoms with E-state index in [0.29, 0.717) is 11.0 Å². The third kappa shape index (κ3) is 7.60. The minimum atomic E-state index is -1.02. The average molecular weight is 317 g/mol. The summed E-state index contributed by atoms with van der Waals surface area (Å²) in [7, 11) is 0. The van der Waals surface area contributed by atoms with Crippen molar-refractivity contribution in [3.05, 3.63) is 0 Å². The van der Waals surface area contributed by atoms with Crippen molar-refractivity contribution in [3.8, 4) is 0 Å². The summed E-state index contributed by atoms with van der Waals surface area (Å²) in [5.41, 5.74) is -0.625. The van der Waals surface area contributed by atoms with E-state index in [1.165, 1.54) is 12.8 Å². The van der Waals surface area contributed by atoms with Crippen LogP contribution in [0.3, 0.4) is 0 Å². The first-order chi connectivity index (χ1) is 9.67. The van der Waals surface area contributed by atoms with E-state index in [-0.39, 0.29) is 0 Å². The summed E-state index contributed by atoms with van der Waals surface area (Å²) in [6, 6.07) is -0.899. The topological polar surface area (TPSA) is 75.6 Å². The summed E-state index contributed by atoms with van der Waals surface area (Å²) in [5, 5.41) is 12.2. The minimum Gasteiger partial charge on any atom is -0.480 e. The van der Waals surface area contributed by atoms with Gasteiger partial charge in [0.25, 0.3) is 0 Å². The maximum absolute atomic E-state index is 11.7. The first-order valence-electron chi connectivity index (χ1n) is 7.51. The normalized spacial score (nSPS) is 24.2. The van der Waals surface area contributed by atoms with E-state index in [9.17, 15) is 14.7 Å². The molecule has 0 saturated heterocycles. The van der Waals surface area contributed by atoms with Crippen LogP contribution in [0.15, 0.2) is 0 Å². The molecule has 1 rings (SSSR count). The van der Waals surface area contributed by atoms with Crippen LogP contribution in [0.5, 0.6) is 0 Å². The molecule has 1 unspecified atom stereocenters. The quantitative estimate of drug-likeness (QED) is 0.814. The maximum atomic E-state index is 11.7. The molecule has 0 radical (unpaired) electrons. The van der Waals surface area contributed by atoms with Gasteiger partial charge < -0.3 is 15.2 Å². The molecule has 0 aromatic heterocycles. The van der Waals surface area contributed by atoms with Crippen molar-refractivity contribution in [1.29, 1.82) is 0 Å². The number of aliphatic carboxylic acids is 1. The largest absolute Gasteiger partial charge is 0.480 e. The predicted octanol–water partition coefficient (Wildman–Crippen LogP) is 3.28. The SMILES string of the molecule is CC1CCC(SCC(NC(=O)OC(C)(C)C)C(=O)O)CC1. The molecular weight excluding hydrogens is 290 g/mol. The number of thioether (sulfide) groups is 1. The molecule has 21 heavy (non-hydrogen) atoms. The Morgan fingerprint density at radius 1 is 1.29 bits per heavy atom. The van der Waals surface area contributed by atoms with E-state index in [2.05, 4.69) is 12.2 Å². The standard InChI is InChI=1S/C15H27NO4S/c1-10-5-7-11(8-6-10)21-9-12(13(17)18)16-14(19)20-15(2,3)4/h10-12H,5-9H2,1-4H3,(H,16,19)(H,17,18). The van der Waals surface area contributed by atoms with Gasteiger partial charge in [0, 0.05) is 11.0 Å². The highest BCUT2D eigenvalue weighted by Gasteiger charge is 2.26. The number of rotatable bonds is 5. The highest BCUT2D eigenvalue weighted by atomic mass is 32.2. The molecule has 1 saturated carbocycles. The van der Waals surface area contributed by atoms with Gasteiger partial charge in [0.2, 0.25) is 0 Å². The molecule has 1 amide bonds. The first-order valence-corrected chi connectivity index (χ1v) is 8.56. The molecule has 0 aromatic rings. The average Bonchev–Trinajstić information content (AvgIpc) is 2.33. The van der Waals surface area contributed by atoms with Gasteiger partial charge in [0.1, 0.15) is 11.6 Å². The van der Waals surface area contributed by atoms with Gasteiger partial charge in [-0.15, -0.1) is 0 Å². The van der Waals surface area contributed by atoms with E-state index in [0.717, 1.165) is 18.8 Å². The van der Waals surface area contributed by atoms with E-state index in [1.807, 2.05) is 0 Å². The molecule has 1 atom stereocenters. The summed E-state index contributed by atoms with van der Waals surface area (Å²) >= 11 is 1.64. The lowest BCUT2D eigenvalue weighted by molar-refractivity contribution is -0.138. The third-order valence-corrected chi connectivity index (χ3v) is 4.92. The fraction of sp³-hybridized carbons (Fsp3) is 0.867. The van der Waals surface area contributed by atoms with Gasteiger partial charge in [-0.3, -0.25) is 0 Å². The molecule has 1 aliphatic rings. The second kappa shape index (κ2) is 7.92. The van der Waals surface area contributed by atoms with Gasteiger partial charge >= 0.3 is 12.1 Å². The fourth-order valence-electron chi connectivity index (χ4n) is 2.25. The molecule has 0 bridgehead atoms. The van der Waals surface area contributed by atoms with E-state index in [1.54, 1.807) is 32.5 Å². The van der Waals surface area contributed by atoms with Crippen molar-refractivity contribution < 1.29 is 19.4 Å². The predicted molar refractivity (Wildman–Crippen MR) is 84.7 cm³/mol. The van der Waals surface area contributed by atoms with E-state index in [4.69, 9.17) is 4.74 Å². The fourth-order valence-corrected chi connectivity index (χ4v) is 3.55. The van der Waals surface area contributed by atoms with Gasteiger partial charge in [0.05, 0.1) is 0 Å². The van der Waals surface area contributed by atoms with Gasteiger partial charge in [-0.2, -0.15) is 11.8 Å². The Kier molecular flexibility index (Phi) is 6.84. The van der Waals surface area contributed by atoms with Crippen LogP contribution < -0.4 is 5.32 Å². The first kappa shape index (κ1) is 18.1. The van der Waals surface area contributed by atoms with Crippen molar-refractivity contribution in [2.24, 2.45) is 5.92 Å². The van der Waals surface area contributed by atoms with E-state index < -0.39 is 23.7 Å². The van der Waals surface area contributed by atoms with Crippen molar-refractivity contribution in [2.45, 2.75) is 70.3 Å². The molecule has 0 aliphatic heterocycles. The molecule has 6 heteroatoms. The molecular formula is C15H27NO4S. The molecule has 0 aromatic carbocycles. The molecule has 0 spiro atoms. The van der Waals surface area contributed by atoms with Crippen LogP contribution in [0.4, 0.5) is 4.79 Å². The summed E-state index contributed by atoms with van der Waals surface area (Å²) < 4.78 is 5.10. The number of carbonyl (C=O) groups is 2. The Hall–Kier alpha value is -0.910. The Labute approximate surface area is 131 Å². The number of hydrogen-bond acceptors (Lipinski definition) is 4. The number of nitrogens with one attached hydrogen (secondary N) is 1. The third-order valence-electron chi connectivity index (χ3n) is 3.45. The van der Waals surface area contributed by atoms with Crippen LogP contribution in [0.2, 0.25) is 0 Å². The number of ether oxygens (including phenoxy) is 1. The molecule has 0 heterocycles. The summed E-state index contributed by atoms with van der Waals surface area (Å²) in [6.07, 6.45) is 3.99. The molecule has 5 nitrogen and oxygen atoms in total. The maximum Gasteiger partial charge on any atom is 0.408 e. The Bertz CT molecular complexity index is 359. The highest BCUT2D eigenvalue weighted by Crippen LogP contribution is 2.31. The zero-order valence-corrected chi connectivity index (χ0v) is 14.2. The lowest BCUT2D eigenvalue weighted by atomic mass is 9.91. The van der Waals surface area contributed by atoms with Gasteiger partial charge in [0.15, 0.2) is 0 Å². The Morgan fingerprint density at radius 2 is 1.86 bits per heavy atom. The van der Waals surface area contributed by atoms with Crippen molar-refractivity contribution in [1.82, 2.24) is 5.32 Å². The van der Waals surface area contributed by atoms with Crippen LogP contribution in [-0.2, 0) is 9.53 Å². The van der Waals surface area contributed by atoms with Crippen LogP contribution >= 0.6 is 11.8 Å². The zero-order valence-electron chi connectivity index (χ0n) is 13.3. The second-order valence-electron chi connectivity index (χ2n) is 6.75. The summed E-state index contributed by atoms with van der Waals surface area (Å²) in [4.78, 5) is 22.9. The molecule has 1 fully saturated rings. The highest BCUT2D eigenvalue weighted by molar-refractivity contribution is 7.99. The second-order valence-corrected chi connectivity index (χ2v) is 8.09. The number of hydrogen-bond donors (Lipinski definition) is 2. The molecule has 1 aliphatic carbocycles. The Morgan fingerprint density at radius 3 is 2.33 bits per heavy atom. The minimum absolute atomic E-state index is 0.383. The van der Waals surface area contributed by atoms with Crippen LogP contribution in [-0.4, -0.2) is 39.8 Å². The summed E-state index contributed by atoms with van der Waals surface area (Å²) in [5.74, 6) is 0.141. The van der Waals surface area contributed by atoms with Crippen LogP contribution in [0, 0.1) is 5.92 Å². The Balaban J connectivity index is 2.40. The van der Waals surface area contributed by atoms with Crippen molar-refractivity contribution >= 4 is 23.8 Å². The van der Waals surface area contributed by atoms with Gasteiger partial charge in [-0.05, 0) is 52.4 Å². The van der Waals surface area contributed by atoms with Crippen molar-refractivity contribution in [3.63, 3.8) is 0 Å². The van der Waals surface area contributed by atoms with Crippen LogP contribution in [0.25, 0.3) is 0 Å². The monoisotopic (exact) mass is 317 g/mol. The van der Waals surface area contributed by atoms with Crippen LogP contribution in [0.1, 0.15) is 53.4 Å². The lowest BCUT2D eigenvalue weighted by Gasteiger charge is -2.27. The van der Waals surface area contributed by atoms with E-state index >= 15 is 0 Å². The number of amides is 1. The zero-order chi connectivity index (χ0) is 16.0. The molecule has 2 N–H and O–H groups in total. The number of alkyl carbamates (subject to hydrolysis) is 1. The lowest BCUT2D eigenvalue weighted by Crippen LogP contribution is -2.45. The molecule has 122 valence electrons. The van der Waals surface area contributed by atoms with Gasteiger partial charge in [-0.1, -0.05) is 6.92 Å². The van der Waals surface area contributed by atoms with Crippen molar-refractivity contribution in [2.75, 3.05) is 5.75 Å².